The Morgan fingerprint density at radius 2 is 2.25 bits per heavy atom. The molecule has 0 spiro atoms. The van der Waals surface area contributed by atoms with Crippen LogP contribution in [0.2, 0.25) is 0 Å². The van der Waals surface area contributed by atoms with Crippen molar-refractivity contribution in [2.24, 2.45) is 0 Å². The summed E-state index contributed by atoms with van der Waals surface area (Å²) >= 11 is 4.31. The van der Waals surface area contributed by atoms with Crippen molar-refractivity contribution in [3.8, 4) is 0 Å². The average Bonchev–Trinajstić information content (AvgIpc) is 2.46. The van der Waals surface area contributed by atoms with E-state index in [1.54, 1.807) is 0 Å². The summed E-state index contributed by atoms with van der Waals surface area (Å²) in [5.74, 6) is 0. The summed E-state index contributed by atoms with van der Waals surface area (Å²) < 4.78 is 0. The summed E-state index contributed by atoms with van der Waals surface area (Å²) in [4.78, 5) is 4.26. The zero-order valence-corrected chi connectivity index (χ0v) is 7.86. The number of aromatic amines is 1. The fraction of sp³-hybridized carbons (Fsp3) is 0.200. The van der Waals surface area contributed by atoms with E-state index in [4.69, 9.17) is 0 Å². The van der Waals surface area contributed by atoms with E-state index < -0.39 is 0 Å². The number of aryl methyl sites for hydroxylation is 1. The standard InChI is InChI=1S/C10H11NS/c1-2-7-6-11-10-4-3-8(12)5-9(7)10/h3-6,11-12H,2H2,1H3. The van der Waals surface area contributed by atoms with E-state index in [-0.39, 0.29) is 0 Å². The molecule has 0 aliphatic rings. The molecule has 0 saturated heterocycles. The molecule has 62 valence electrons. The summed E-state index contributed by atoms with van der Waals surface area (Å²) in [6.07, 6.45) is 3.13. The number of rotatable bonds is 1. The van der Waals surface area contributed by atoms with Crippen LogP contribution in [0.15, 0.2) is 29.3 Å². The van der Waals surface area contributed by atoms with Gasteiger partial charge < -0.3 is 4.98 Å². The molecule has 12 heavy (non-hydrogen) atoms. The third-order valence-electron chi connectivity index (χ3n) is 2.13. The molecule has 0 aliphatic carbocycles. The molecule has 1 N–H and O–H groups in total. The number of aromatic nitrogens is 1. The fourth-order valence-corrected chi connectivity index (χ4v) is 1.66. The monoisotopic (exact) mass is 177 g/mol. The molecule has 1 aromatic carbocycles. The fourth-order valence-electron chi connectivity index (χ4n) is 1.46. The van der Waals surface area contributed by atoms with Crippen LogP contribution in [0, 0.1) is 0 Å². The van der Waals surface area contributed by atoms with Crippen LogP contribution in [0.3, 0.4) is 0 Å². The maximum Gasteiger partial charge on any atom is 0.0457 e. The zero-order valence-electron chi connectivity index (χ0n) is 6.96. The summed E-state index contributed by atoms with van der Waals surface area (Å²) in [5, 5.41) is 1.30. The number of fused-ring (bicyclic) bond motifs is 1. The van der Waals surface area contributed by atoms with E-state index in [2.05, 4.69) is 42.9 Å². The van der Waals surface area contributed by atoms with Crippen molar-refractivity contribution in [1.29, 1.82) is 0 Å². The van der Waals surface area contributed by atoms with Crippen LogP contribution < -0.4 is 0 Å². The highest BCUT2D eigenvalue weighted by Gasteiger charge is 2.00. The van der Waals surface area contributed by atoms with Gasteiger partial charge in [0.1, 0.15) is 0 Å². The van der Waals surface area contributed by atoms with Gasteiger partial charge in [-0.25, -0.2) is 0 Å². The Kier molecular flexibility index (Phi) is 1.85. The summed E-state index contributed by atoms with van der Waals surface area (Å²) in [6.45, 7) is 2.16. The summed E-state index contributed by atoms with van der Waals surface area (Å²) in [5.41, 5.74) is 2.56. The van der Waals surface area contributed by atoms with Crippen LogP contribution in [0.5, 0.6) is 0 Å². The minimum atomic E-state index is 1.02. The summed E-state index contributed by atoms with van der Waals surface area (Å²) in [6, 6.07) is 6.17. The topological polar surface area (TPSA) is 15.8 Å². The predicted molar refractivity (Wildman–Crippen MR) is 54.9 cm³/mol. The van der Waals surface area contributed by atoms with E-state index in [1.807, 2.05) is 6.07 Å². The van der Waals surface area contributed by atoms with Gasteiger partial charge in [-0.05, 0) is 30.2 Å². The van der Waals surface area contributed by atoms with Crippen molar-refractivity contribution in [2.75, 3.05) is 0 Å². The smallest absolute Gasteiger partial charge is 0.0457 e. The van der Waals surface area contributed by atoms with Crippen LogP contribution in [-0.4, -0.2) is 4.98 Å². The molecular weight excluding hydrogens is 166 g/mol. The molecule has 1 nitrogen and oxygen atoms in total. The molecule has 2 rings (SSSR count). The second-order valence-corrected chi connectivity index (χ2v) is 3.41. The van der Waals surface area contributed by atoms with Gasteiger partial charge in [0.2, 0.25) is 0 Å². The van der Waals surface area contributed by atoms with Crippen molar-refractivity contribution >= 4 is 23.5 Å². The maximum absolute atomic E-state index is 4.31. The number of hydrogen-bond donors (Lipinski definition) is 2. The molecule has 0 aliphatic heterocycles. The van der Waals surface area contributed by atoms with Gasteiger partial charge in [0.05, 0.1) is 0 Å². The number of thiol groups is 1. The minimum absolute atomic E-state index is 1.02. The first-order valence-electron chi connectivity index (χ1n) is 4.10. The lowest BCUT2D eigenvalue weighted by molar-refractivity contribution is 1.15. The molecule has 0 fully saturated rings. The molecule has 2 heteroatoms. The van der Waals surface area contributed by atoms with E-state index in [1.165, 1.54) is 16.5 Å². The largest absolute Gasteiger partial charge is 0.361 e. The molecule has 0 unspecified atom stereocenters. The molecule has 0 radical (unpaired) electrons. The first kappa shape index (κ1) is 7.74. The predicted octanol–water partition coefficient (Wildman–Crippen LogP) is 3.02. The van der Waals surface area contributed by atoms with Gasteiger partial charge in [-0.2, -0.15) is 0 Å². The Balaban J connectivity index is 2.75. The van der Waals surface area contributed by atoms with Crippen molar-refractivity contribution in [3.05, 3.63) is 30.0 Å². The van der Waals surface area contributed by atoms with Gasteiger partial charge in [-0.1, -0.05) is 6.92 Å². The Morgan fingerprint density at radius 1 is 1.42 bits per heavy atom. The van der Waals surface area contributed by atoms with Crippen molar-refractivity contribution < 1.29 is 0 Å². The molecule has 1 heterocycles. The molecule has 2 aromatic rings. The summed E-state index contributed by atoms with van der Waals surface area (Å²) in [7, 11) is 0. The van der Waals surface area contributed by atoms with Gasteiger partial charge >= 0.3 is 0 Å². The Labute approximate surface area is 77.2 Å². The van der Waals surface area contributed by atoms with Crippen LogP contribution in [0.25, 0.3) is 10.9 Å². The van der Waals surface area contributed by atoms with Crippen molar-refractivity contribution in [1.82, 2.24) is 4.98 Å². The van der Waals surface area contributed by atoms with Crippen LogP contribution in [-0.2, 0) is 6.42 Å². The third kappa shape index (κ3) is 1.12. The van der Waals surface area contributed by atoms with Crippen LogP contribution in [0.1, 0.15) is 12.5 Å². The quantitative estimate of drug-likeness (QED) is 0.623. The second kappa shape index (κ2) is 2.87. The molecular formula is C10H11NS. The van der Waals surface area contributed by atoms with Gasteiger partial charge in [-0.3, -0.25) is 0 Å². The molecule has 0 bridgehead atoms. The number of H-pyrrole nitrogens is 1. The first-order valence-corrected chi connectivity index (χ1v) is 4.55. The highest BCUT2D eigenvalue weighted by Crippen LogP contribution is 2.21. The molecule has 0 amide bonds. The third-order valence-corrected chi connectivity index (χ3v) is 2.41. The lowest BCUT2D eigenvalue weighted by atomic mass is 10.1. The van der Waals surface area contributed by atoms with Gasteiger partial charge in [0.15, 0.2) is 0 Å². The number of benzene rings is 1. The normalized spacial score (nSPS) is 10.8. The highest BCUT2D eigenvalue weighted by atomic mass is 32.1. The lowest BCUT2D eigenvalue weighted by Gasteiger charge is -1.94. The highest BCUT2D eigenvalue weighted by molar-refractivity contribution is 7.80. The van der Waals surface area contributed by atoms with Gasteiger partial charge in [-0.15, -0.1) is 12.6 Å². The van der Waals surface area contributed by atoms with E-state index in [9.17, 15) is 0 Å². The molecule has 0 saturated carbocycles. The van der Waals surface area contributed by atoms with E-state index in [0.29, 0.717) is 0 Å². The average molecular weight is 177 g/mol. The zero-order chi connectivity index (χ0) is 8.55. The van der Waals surface area contributed by atoms with Crippen LogP contribution >= 0.6 is 12.6 Å². The molecule has 1 aromatic heterocycles. The number of hydrogen-bond acceptors (Lipinski definition) is 1. The maximum atomic E-state index is 4.31. The van der Waals surface area contributed by atoms with Crippen molar-refractivity contribution in [2.45, 2.75) is 18.2 Å². The first-order chi connectivity index (χ1) is 5.81. The molecule has 0 atom stereocenters. The number of nitrogens with one attached hydrogen (secondary N) is 1. The van der Waals surface area contributed by atoms with Crippen LogP contribution in [0.4, 0.5) is 0 Å². The van der Waals surface area contributed by atoms with E-state index in [0.717, 1.165) is 11.3 Å². The van der Waals surface area contributed by atoms with Gasteiger partial charge in [0.25, 0.3) is 0 Å². The Bertz CT molecular complexity index is 403. The Morgan fingerprint density at radius 3 is 3.00 bits per heavy atom. The Hall–Kier alpha value is -0.890. The lowest BCUT2D eigenvalue weighted by Crippen LogP contribution is -1.74. The van der Waals surface area contributed by atoms with Gasteiger partial charge in [0, 0.05) is 22.0 Å². The second-order valence-electron chi connectivity index (χ2n) is 2.90. The minimum Gasteiger partial charge on any atom is -0.361 e. The SMILES string of the molecule is CCc1c[nH]c2ccc(S)cc12. The van der Waals surface area contributed by atoms with Crippen molar-refractivity contribution in [3.63, 3.8) is 0 Å². The van der Waals surface area contributed by atoms with E-state index >= 15 is 0 Å².